The molecule has 0 saturated heterocycles. The molecule has 1 heterocycles. The van der Waals surface area contributed by atoms with E-state index in [2.05, 4.69) is 16.8 Å². The van der Waals surface area contributed by atoms with E-state index in [4.69, 9.17) is 9.47 Å². The van der Waals surface area contributed by atoms with Crippen LogP contribution in [0.4, 0.5) is 4.39 Å². The van der Waals surface area contributed by atoms with Crippen LogP contribution in [-0.2, 0) is 24.5 Å². The third-order valence-electron chi connectivity index (χ3n) is 4.85. The summed E-state index contributed by atoms with van der Waals surface area (Å²) in [7, 11) is 3.09. The topological polar surface area (TPSA) is 69.5 Å². The van der Waals surface area contributed by atoms with Crippen LogP contribution in [0.25, 0.3) is 0 Å². The summed E-state index contributed by atoms with van der Waals surface area (Å²) in [6, 6.07) is 12.4. The second-order valence-electron chi connectivity index (χ2n) is 7.41. The van der Waals surface area contributed by atoms with Crippen molar-refractivity contribution >= 4 is 17.7 Å². The number of allylic oxidation sites excluding steroid dienone is 1. The van der Waals surface area contributed by atoms with E-state index in [-0.39, 0.29) is 30.6 Å². The van der Waals surface area contributed by atoms with Crippen molar-refractivity contribution in [3.8, 4) is 11.5 Å². The minimum Gasteiger partial charge on any atom is -0.494 e. The van der Waals surface area contributed by atoms with Crippen molar-refractivity contribution in [3.05, 3.63) is 77.9 Å². The second kappa shape index (κ2) is 11.5. The number of ether oxygens (including phenoxy) is 2. The number of methoxy groups -OCH3 is 1. The Hall–Kier alpha value is -3.33. The van der Waals surface area contributed by atoms with Crippen molar-refractivity contribution in [2.75, 3.05) is 19.9 Å². The third kappa shape index (κ3) is 6.58. The van der Waals surface area contributed by atoms with Crippen LogP contribution in [0.1, 0.15) is 17.0 Å². The van der Waals surface area contributed by atoms with Crippen molar-refractivity contribution in [1.29, 1.82) is 0 Å². The Morgan fingerprint density at radius 1 is 1.27 bits per heavy atom. The molecule has 174 valence electrons. The molecule has 0 unspecified atom stereocenters. The molecular formula is C24H27FN4O3S. The largest absolute Gasteiger partial charge is 0.494 e. The molecule has 0 N–H and O–H groups in total. The first kappa shape index (κ1) is 24.3. The van der Waals surface area contributed by atoms with E-state index in [0.717, 1.165) is 11.3 Å². The van der Waals surface area contributed by atoms with Gasteiger partial charge in [0.05, 0.1) is 12.9 Å². The van der Waals surface area contributed by atoms with Gasteiger partial charge >= 0.3 is 0 Å². The van der Waals surface area contributed by atoms with E-state index in [1.165, 1.54) is 24.9 Å². The summed E-state index contributed by atoms with van der Waals surface area (Å²) in [6.45, 7) is 6.83. The number of thioether (sulfide) groups is 1. The third-order valence-corrected chi connectivity index (χ3v) is 5.80. The van der Waals surface area contributed by atoms with Gasteiger partial charge in [-0.2, -0.15) is 0 Å². The van der Waals surface area contributed by atoms with E-state index in [1.54, 1.807) is 30.2 Å². The van der Waals surface area contributed by atoms with Crippen molar-refractivity contribution in [3.63, 3.8) is 0 Å². The van der Waals surface area contributed by atoms with E-state index in [9.17, 15) is 9.18 Å². The van der Waals surface area contributed by atoms with Crippen molar-refractivity contribution in [1.82, 2.24) is 19.7 Å². The molecule has 3 aromatic rings. The Kier molecular flexibility index (Phi) is 8.48. The van der Waals surface area contributed by atoms with Gasteiger partial charge in [0.15, 0.2) is 22.5 Å². The average Bonchev–Trinajstić information content (AvgIpc) is 3.18. The number of hydrogen-bond acceptors (Lipinski definition) is 6. The highest BCUT2D eigenvalue weighted by Crippen LogP contribution is 2.21. The van der Waals surface area contributed by atoms with E-state index < -0.39 is 5.82 Å². The maximum Gasteiger partial charge on any atom is 0.233 e. The SMILES string of the molecule is C=CCn1c(COc2cccc(C)c2)nnc1SCC(=O)N(C)Cc1ccc(OC)c(F)c1. The summed E-state index contributed by atoms with van der Waals surface area (Å²) in [6.07, 6.45) is 1.75. The maximum absolute atomic E-state index is 13.9. The number of nitrogens with zero attached hydrogens (tertiary/aromatic N) is 4. The molecule has 2 aromatic carbocycles. The molecule has 1 amide bonds. The van der Waals surface area contributed by atoms with Crippen LogP contribution in [0.5, 0.6) is 11.5 Å². The van der Waals surface area contributed by atoms with E-state index in [0.29, 0.717) is 23.1 Å². The van der Waals surface area contributed by atoms with Gasteiger partial charge in [0.1, 0.15) is 12.4 Å². The fraction of sp³-hybridized carbons (Fsp3) is 0.292. The smallest absolute Gasteiger partial charge is 0.233 e. The lowest BCUT2D eigenvalue weighted by molar-refractivity contribution is -0.127. The van der Waals surface area contributed by atoms with Gasteiger partial charge in [0.25, 0.3) is 0 Å². The van der Waals surface area contributed by atoms with Crippen LogP contribution >= 0.6 is 11.8 Å². The van der Waals surface area contributed by atoms with E-state index >= 15 is 0 Å². The fourth-order valence-electron chi connectivity index (χ4n) is 3.10. The van der Waals surface area contributed by atoms with Crippen LogP contribution < -0.4 is 9.47 Å². The van der Waals surface area contributed by atoms with Gasteiger partial charge < -0.3 is 14.4 Å². The molecule has 0 aliphatic carbocycles. The van der Waals surface area contributed by atoms with E-state index in [1.807, 2.05) is 35.8 Å². The first-order valence-electron chi connectivity index (χ1n) is 10.3. The molecule has 7 nitrogen and oxygen atoms in total. The number of rotatable bonds is 11. The quantitative estimate of drug-likeness (QED) is 0.308. The highest BCUT2D eigenvalue weighted by molar-refractivity contribution is 7.99. The number of carbonyl (C=O) groups excluding carboxylic acids is 1. The molecule has 0 saturated carbocycles. The van der Waals surface area contributed by atoms with Crippen molar-refractivity contribution in [2.24, 2.45) is 0 Å². The number of amides is 1. The number of aromatic nitrogens is 3. The van der Waals surface area contributed by atoms with Gasteiger partial charge in [-0.25, -0.2) is 4.39 Å². The molecule has 3 rings (SSSR count). The van der Waals surface area contributed by atoms with Crippen LogP contribution in [-0.4, -0.2) is 45.5 Å². The summed E-state index contributed by atoms with van der Waals surface area (Å²) < 4.78 is 26.6. The number of hydrogen-bond donors (Lipinski definition) is 0. The molecule has 0 bridgehead atoms. The van der Waals surface area contributed by atoms with Gasteiger partial charge in [-0.1, -0.05) is 36.0 Å². The second-order valence-corrected chi connectivity index (χ2v) is 8.35. The Bertz CT molecular complexity index is 1120. The van der Waals surface area contributed by atoms with Crippen molar-refractivity contribution in [2.45, 2.75) is 31.8 Å². The van der Waals surface area contributed by atoms with Crippen LogP contribution in [0.3, 0.4) is 0 Å². The molecule has 0 spiro atoms. The summed E-state index contributed by atoms with van der Waals surface area (Å²) in [5.41, 5.74) is 1.79. The number of aryl methyl sites for hydroxylation is 1. The van der Waals surface area contributed by atoms with Crippen LogP contribution in [0.15, 0.2) is 60.3 Å². The van der Waals surface area contributed by atoms with Gasteiger partial charge in [0, 0.05) is 20.1 Å². The first-order valence-corrected chi connectivity index (χ1v) is 11.3. The lowest BCUT2D eigenvalue weighted by atomic mass is 10.2. The molecule has 33 heavy (non-hydrogen) atoms. The van der Waals surface area contributed by atoms with Crippen LogP contribution in [0.2, 0.25) is 0 Å². The van der Waals surface area contributed by atoms with Crippen LogP contribution in [0, 0.1) is 12.7 Å². The lowest BCUT2D eigenvalue weighted by Gasteiger charge is -2.17. The highest BCUT2D eigenvalue weighted by atomic mass is 32.2. The Morgan fingerprint density at radius 3 is 2.79 bits per heavy atom. The summed E-state index contributed by atoms with van der Waals surface area (Å²) in [5.74, 6) is 1.18. The molecule has 0 atom stereocenters. The maximum atomic E-state index is 13.9. The Morgan fingerprint density at radius 2 is 2.09 bits per heavy atom. The zero-order valence-corrected chi connectivity index (χ0v) is 19.8. The normalized spacial score (nSPS) is 10.7. The Balaban J connectivity index is 1.59. The summed E-state index contributed by atoms with van der Waals surface area (Å²) in [5, 5.41) is 9.06. The minimum atomic E-state index is -0.455. The minimum absolute atomic E-state index is 0.109. The zero-order valence-electron chi connectivity index (χ0n) is 19.0. The summed E-state index contributed by atoms with van der Waals surface area (Å²) >= 11 is 1.29. The number of carbonyl (C=O) groups is 1. The molecular weight excluding hydrogens is 443 g/mol. The molecule has 0 fully saturated rings. The summed E-state index contributed by atoms with van der Waals surface area (Å²) in [4.78, 5) is 14.2. The molecule has 9 heteroatoms. The molecule has 0 aliphatic heterocycles. The monoisotopic (exact) mass is 470 g/mol. The average molecular weight is 471 g/mol. The first-order chi connectivity index (χ1) is 15.9. The van der Waals surface area contributed by atoms with Gasteiger partial charge in [0.2, 0.25) is 5.91 Å². The predicted octanol–water partition coefficient (Wildman–Crippen LogP) is 4.25. The Labute approximate surface area is 197 Å². The molecule has 0 radical (unpaired) electrons. The lowest BCUT2D eigenvalue weighted by Crippen LogP contribution is -2.28. The van der Waals surface area contributed by atoms with Gasteiger partial charge in [-0.3, -0.25) is 9.36 Å². The van der Waals surface area contributed by atoms with Gasteiger partial charge in [-0.05, 0) is 42.3 Å². The highest BCUT2D eigenvalue weighted by Gasteiger charge is 2.16. The zero-order chi connectivity index (χ0) is 23.8. The van der Waals surface area contributed by atoms with Gasteiger partial charge in [-0.15, -0.1) is 16.8 Å². The molecule has 0 aliphatic rings. The number of halogens is 1. The number of benzene rings is 2. The van der Waals surface area contributed by atoms with Crippen molar-refractivity contribution < 1.29 is 18.7 Å². The standard InChI is InChI=1S/C24H27FN4O3S/c1-5-11-29-22(15-32-19-8-6-7-17(2)12-19)26-27-24(29)33-16-23(30)28(3)14-18-9-10-21(31-4)20(25)13-18/h5-10,12-13H,1,11,14-16H2,2-4H3. The fourth-order valence-corrected chi connectivity index (χ4v) is 4.01. The molecule has 1 aromatic heterocycles. The predicted molar refractivity (Wildman–Crippen MR) is 126 cm³/mol.